The lowest BCUT2D eigenvalue weighted by Crippen LogP contribution is -2.13. The maximum atomic E-state index is 12.7. The van der Waals surface area contributed by atoms with Crippen molar-refractivity contribution < 1.29 is 19.1 Å². The van der Waals surface area contributed by atoms with Crippen LogP contribution in [0.25, 0.3) is 17.0 Å². The predicted molar refractivity (Wildman–Crippen MR) is 120 cm³/mol. The second-order valence-corrected chi connectivity index (χ2v) is 7.29. The Bertz CT molecular complexity index is 1380. The van der Waals surface area contributed by atoms with Gasteiger partial charge < -0.3 is 19.4 Å². The number of aromatic carboxylic acids is 1. The van der Waals surface area contributed by atoms with Crippen molar-refractivity contribution in [1.29, 1.82) is 5.26 Å². The largest absolute Gasteiger partial charge is 0.475 e. The van der Waals surface area contributed by atoms with Crippen molar-refractivity contribution >= 4 is 34.5 Å². The van der Waals surface area contributed by atoms with Gasteiger partial charge in [0, 0.05) is 28.4 Å². The SMILES string of the molecule is Cc1ccc(NC(=O)/C(C#N)=C\c2cn(Cc3ccc(C(=O)O)o3)c3ccccc23)cc1. The molecule has 0 fully saturated rings. The Hall–Kier alpha value is -4.57. The Balaban J connectivity index is 1.66. The third-order valence-corrected chi connectivity index (χ3v) is 4.99. The highest BCUT2D eigenvalue weighted by molar-refractivity contribution is 6.10. The van der Waals surface area contributed by atoms with Crippen molar-refractivity contribution in [1.82, 2.24) is 4.57 Å². The molecule has 0 unspecified atom stereocenters. The van der Waals surface area contributed by atoms with Gasteiger partial charge in [-0.1, -0.05) is 35.9 Å². The molecule has 0 atom stereocenters. The zero-order chi connectivity index (χ0) is 22.7. The number of anilines is 1. The van der Waals surface area contributed by atoms with Gasteiger partial charge in [0.15, 0.2) is 0 Å². The number of carboxylic acids is 1. The van der Waals surface area contributed by atoms with Gasteiger partial charge in [-0.25, -0.2) is 4.79 Å². The summed E-state index contributed by atoms with van der Waals surface area (Å²) in [6, 6.07) is 19.9. The summed E-state index contributed by atoms with van der Waals surface area (Å²) in [6.45, 7) is 2.26. The molecular weight excluding hydrogens is 406 g/mol. The molecule has 0 aliphatic carbocycles. The fraction of sp³-hybridized carbons (Fsp3) is 0.0800. The Morgan fingerprint density at radius 2 is 1.88 bits per heavy atom. The van der Waals surface area contributed by atoms with Crippen LogP contribution in [0.1, 0.15) is 27.4 Å². The van der Waals surface area contributed by atoms with Crippen LogP contribution >= 0.6 is 0 Å². The minimum Gasteiger partial charge on any atom is -0.475 e. The summed E-state index contributed by atoms with van der Waals surface area (Å²) in [5.41, 5.74) is 3.21. The molecule has 2 aromatic carbocycles. The number of rotatable bonds is 6. The first-order chi connectivity index (χ1) is 15.4. The number of carboxylic acid groups (broad SMARTS) is 1. The van der Waals surface area contributed by atoms with E-state index in [1.165, 1.54) is 6.07 Å². The lowest BCUT2D eigenvalue weighted by Gasteiger charge is -2.04. The standard InChI is InChI=1S/C25H19N3O4/c1-16-6-8-19(9-7-16)27-24(29)17(13-26)12-18-14-28(22-5-3-2-4-21(18)22)15-20-10-11-23(32-20)25(30)31/h2-12,14H,15H2,1H3,(H,27,29)(H,30,31)/b17-12-. The fourth-order valence-corrected chi connectivity index (χ4v) is 3.41. The number of hydrogen-bond donors (Lipinski definition) is 2. The quantitative estimate of drug-likeness (QED) is 0.340. The number of aromatic nitrogens is 1. The van der Waals surface area contributed by atoms with Crippen LogP contribution in [0.3, 0.4) is 0 Å². The summed E-state index contributed by atoms with van der Waals surface area (Å²) in [5, 5.41) is 22.2. The highest BCUT2D eigenvalue weighted by Gasteiger charge is 2.14. The Morgan fingerprint density at radius 1 is 1.12 bits per heavy atom. The molecule has 0 spiro atoms. The first-order valence-corrected chi connectivity index (χ1v) is 9.84. The number of nitrogens with one attached hydrogen (secondary N) is 1. The third kappa shape index (κ3) is 4.30. The molecular formula is C25H19N3O4. The molecule has 0 saturated carbocycles. The van der Waals surface area contributed by atoms with E-state index in [2.05, 4.69) is 5.32 Å². The number of fused-ring (bicyclic) bond motifs is 1. The van der Waals surface area contributed by atoms with Crippen LogP contribution in [-0.4, -0.2) is 21.6 Å². The summed E-state index contributed by atoms with van der Waals surface area (Å²) < 4.78 is 7.26. The van der Waals surface area contributed by atoms with Crippen molar-refractivity contribution in [2.45, 2.75) is 13.5 Å². The van der Waals surface area contributed by atoms with Crippen molar-refractivity contribution in [2.75, 3.05) is 5.32 Å². The fourth-order valence-electron chi connectivity index (χ4n) is 3.41. The van der Waals surface area contributed by atoms with E-state index in [1.54, 1.807) is 24.3 Å². The first-order valence-electron chi connectivity index (χ1n) is 9.84. The van der Waals surface area contributed by atoms with Crippen LogP contribution in [0.5, 0.6) is 0 Å². The highest BCUT2D eigenvalue weighted by Crippen LogP contribution is 2.25. The average molecular weight is 425 g/mol. The minimum atomic E-state index is -1.13. The van der Waals surface area contributed by atoms with E-state index in [4.69, 9.17) is 9.52 Å². The third-order valence-electron chi connectivity index (χ3n) is 4.99. The van der Waals surface area contributed by atoms with Crippen LogP contribution in [0.15, 0.2) is 76.9 Å². The monoisotopic (exact) mass is 425 g/mol. The van der Waals surface area contributed by atoms with Crippen LogP contribution in [-0.2, 0) is 11.3 Å². The molecule has 32 heavy (non-hydrogen) atoms. The number of carbonyl (C=O) groups is 2. The van der Waals surface area contributed by atoms with E-state index in [1.807, 2.05) is 60.2 Å². The minimum absolute atomic E-state index is 0.0281. The van der Waals surface area contributed by atoms with Crippen molar-refractivity contribution in [3.63, 3.8) is 0 Å². The number of carbonyl (C=O) groups excluding carboxylic acids is 1. The predicted octanol–water partition coefficient (Wildman–Crippen LogP) is 4.83. The summed E-state index contributed by atoms with van der Waals surface area (Å²) in [6.07, 6.45) is 3.36. The van der Waals surface area contributed by atoms with Crippen molar-refractivity contribution in [3.05, 3.63) is 95.1 Å². The van der Waals surface area contributed by atoms with Gasteiger partial charge in [-0.3, -0.25) is 4.79 Å². The number of nitriles is 1. The average Bonchev–Trinajstić information content (AvgIpc) is 3.39. The lowest BCUT2D eigenvalue weighted by molar-refractivity contribution is -0.112. The molecule has 4 aromatic rings. The summed E-state index contributed by atoms with van der Waals surface area (Å²) >= 11 is 0. The second-order valence-electron chi connectivity index (χ2n) is 7.29. The lowest BCUT2D eigenvalue weighted by atomic mass is 10.1. The molecule has 0 saturated heterocycles. The van der Waals surface area contributed by atoms with E-state index in [0.29, 0.717) is 23.6 Å². The van der Waals surface area contributed by atoms with Gasteiger partial charge in [0.1, 0.15) is 17.4 Å². The second kappa shape index (κ2) is 8.66. The maximum Gasteiger partial charge on any atom is 0.371 e. The first kappa shape index (κ1) is 20.7. The van der Waals surface area contributed by atoms with Gasteiger partial charge in [-0.15, -0.1) is 0 Å². The Labute approximate surface area is 183 Å². The molecule has 158 valence electrons. The zero-order valence-electron chi connectivity index (χ0n) is 17.2. The maximum absolute atomic E-state index is 12.7. The molecule has 1 amide bonds. The number of hydrogen-bond acceptors (Lipinski definition) is 4. The normalized spacial score (nSPS) is 11.3. The highest BCUT2D eigenvalue weighted by atomic mass is 16.4. The van der Waals surface area contributed by atoms with Gasteiger partial charge in [-0.2, -0.15) is 5.26 Å². The molecule has 2 heterocycles. The summed E-state index contributed by atoms with van der Waals surface area (Å²) in [7, 11) is 0. The number of furan rings is 1. The number of nitrogens with zero attached hydrogens (tertiary/aromatic N) is 2. The van der Waals surface area contributed by atoms with E-state index >= 15 is 0 Å². The topological polar surface area (TPSA) is 108 Å². The zero-order valence-corrected chi connectivity index (χ0v) is 17.2. The molecule has 7 heteroatoms. The number of benzene rings is 2. The van der Waals surface area contributed by atoms with E-state index in [-0.39, 0.29) is 11.3 Å². The number of aryl methyl sites for hydroxylation is 1. The number of para-hydroxylation sites is 1. The molecule has 0 radical (unpaired) electrons. The van der Waals surface area contributed by atoms with Gasteiger partial charge in [0.25, 0.3) is 5.91 Å². The molecule has 7 nitrogen and oxygen atoms in total. The van der Waals surface area contributed by atoms with Crippen molar-refractivity contribution in [3.8, 4) is 6.07 Å². The van der Waals surface area contributed by atoms with E-state index in [9.17, 15) is 14.9 Å². The molecule has 4 rings (SSSR count). The van der Waals surface area contributed by atoms with Crippen LogP contribution in [0, 0.1) is 18.3 Å². The van der Waals surface area contributed by atoms with E-state index < -0.39 is 11.9 Å². The molecule has 0 aliphatic rings. The molecule has 2 N–H and O–H groups in total. The Morgan fingerprint density at radius 3 is 2.56 bits per heavy atom. The van der Waals surface area contributed by atoms with Crippen molar-refractivity contribution in [2.24, 2.45) is 0 Å². The van der Waals surface area contributed by atoms with Crippen LogP contribution in [0.2, 0.25) is 0 Å². The van der Waals surface area contributed by atoms with Gasteiger partial charge in [-0.05, 0) is 43.3 Å². The van der Waals surface area contributed by atoms with Gasteiger partial charge in [0.2, 0.25) is 5.76 Å². The van der Waals surface area contributed by atoms with Gasteiger partial charge in [0.05, 0.1) is 6.54 Å². The molecule has 0 bridgehead atoms. The molecule has 2 aromatic heterocycles. The van der Waals surface area contributed by atoms with Gasteiger partial charge >= 0.3 is 5.97 Å². The van der Waals surface area contributed by atoms with Crippen LogP contribution < -0.4 is 5.32 Å². The smallest absolute Gasteiger partial charge is 0.371 e. The van der Waals surface area contributed by atoms with Crippen LogP contribution in [0.4, 0.5) is 5.69 Å². The number of amides is 1. The molecule has 0 aliphatic heterocycles. The summed E-state index contributed by atoms with van der Waals surface area (Å²) in [4.78, 5) is 23.7. The Kier molecular flexibility index (Phi) is 5.60. The summed E-state index contributed by atoms with van der Waals surface area (Å²) in [5.74, 6) is -1.27. The van der Waals surface area contributed by atoms with E-state index in [0.717, 1.165) is 16.5 Å².